The Kier molecular flexibility index (Phi) is 7.12. The number of ether oxygens (including phenoxy) is 1. The summed E-state index contributed by atoms with van der Waals surface area (Å²) >= 11 is 8.27. The highest BCUT2D eigenvalue weighted by Crippen LogP contribution is 2.18. The first-order chi connectivity index (χ1) is 9.45. The Balaban J connectivity index is 2.90. The van der Waals surface area contributed by atoms with Crippen molar-refractivity contribution in [2.45, 2.75) is 13.3 Å². The summed E-state index contributed by atoms with van der Waals surface area (Å²) in [7, 11) is 1.61. The van der Waals surface area contributed by atoms with Crippen LogP contribution in [-0.2, 0) is 4.74 Å². The maximum absolute atomic E-state index is 12.6. The third-order valence-electron chi connectivity index (χ3n) is 2.91. The number of benzene rings is 1. The molecule has 4 nitrogen and oxygen atoms in total. The fraction of sp³-hybridized carbons (Fsp3) is 0.429. The molecule has 1 amide bonds. The quantitative estimate of drug-likeness (QED) is 0.760. The van der Waals surface area contributed by atoms with Crippen molar-refractivity contribution in [1.29, 1.82) is 0 Å². The zero-order chi connectivity index (χ0) is 15.1. The molecule has 1 aromatic rings. The lowest BCUT2D eigenvalue weighted by Crippen LogP contribution is -2.36. The minimum absolute atomic E-state index is 0.0305. The number of aryl methyl sites for hydroxylation is 1. The molecule has 1 rings (SSSR count). The molecule has 0 heterocycles. The minimum Gasteiger partial charge on any atom is -0.393 e. The molecule has 0 atom stereocenters. The van der Waals surface area contributed by atoms with Crippen LogP contribution in [0.4, 0.5) is 0 Å². The average Bonchev–Trinajstić information content (AvgIpc) is 2.40. The van der Waals surface area contributed by atoms with Crippen molar-refractivity contribution in [2.75, 3.05) is 26.8 Å². The van der Waals surface area contributed by atoms with Gasteiger partial charge in [-0.3, -0.25) is 4.79 Å². The van der Waals surface area contributed by atoms with E-state index in [1.807, 2.05) is 25.1 Å². The van der Waals surface area contributed by atoms with E-state index in [9.17, 15) is 4.79 Å². The molecule has 0 fully saturated rings. The molecule has 0 saturated carbocycles. The van der Waals surface area contributed by atoms with Gasteiger partial charge in [0, 0.05) is 36.7 Å². The van der Waals surface area contributed by atoms with Gasteiger partial charge in [-0.15, -0.1) is 0 Å². The summed E-state index contributed by atoms with van der Waals surface area (Å²) in [6, 6.07) is 5.66. The monoisotopic (exact) mass is 358 g/mol. The number of halogens is 1. The zero-order valence-electron chi connectivity index (χ0n) is 11.7. The van der Waals surface area contributed by atoms with E-state index in [2.05, 4.69) is 15.9 Å². The summed E-state index contributed by atoms with van der Waals surface area (Å²) in [4.78, 5) is 14.7. The molecule has 0 saturated heterocycles. The number of carbonyl (C=O) groups is 1. The molecule has 0 aliphatic heterocycles. The van der Waals surface area contributed by atoms with Crippen molar-refractivity contribution in [3.63, 3.8) is 0 Å². The molecule has 110 valence electrons. The van der Waals surface area contributed by atoms with Gasteiger partial charge >= 0.3 is 0 Å². The second kappa shape index (κ2) is 8.34. The Morgan fingerprint density at radius 1 is 1.45 bits per heavy atom. The predicted octanol–water partition coefficient (Wildman–Crippen LogP) is 2.52. The maximum atomic E-state index is 12.6. The van der Waals surface area contributed by atoms with Crippen LogP contribution in [0.3, 0.4) is 0 Å². The highest BCUT2D eigenvalue weighted by Gasteiger charge is 2.17. The summed E-state index contributed by atoms with van der Waals surface area (Å²) in [6.07, 6.45) is 0.512. The van der Waals surface area contributed by atoms with Crippen molar-refractivity contribution >= 4 is 39.0 Å². The third kappa shape index (κ3) is 5.19. The van der Waals surface area contributed by atoms with E-state index in [-0.39, 0.29) is 5.91 Å². The van der Waals surface area contributed by atoms with Gasteiger partial charge in [-0.05, 0) is 24.6 Å². The lowest BCUT2D eigenvalue weighted by molar-refractivity contribution is 0.0700. The van der Waals surface area contributed by atoms with Gasteiger partial charge in [0.25, 0.3) is 5.91 Å². The van der Waals surface area contributed by atoms with Crippen molar-refractivity contribution < 1.29 is 9.53 Å². The Bertz CT molecular complexity index is 494. The number of amides is 1. The van der Waals surface area contributed by atoms with Crippen molar-refractivity contribution in [3.8, 4) is 0 Å². The topological polar surface area (TPSA) is 55.6 Å². The van der Waals surface area contributed by atoms with E-state index >= 15 is 0 Å². The average molecular weight is 359 g/mol. The zero-order valence-corrected chi connectivity index (χ0v) is 14.1. The minimum atomic E-state index is -0.0305. The molecule has 2 N–H and O–H groups in total. The van der Waals surface area contributed by atoms with Gasteiger partial charge in [-0.1, -0.05) is 34.2 Å². The highest BCUT2D eigenvalue weighted by atomic mass is 79.9. The van der Waals surface area contributed by atoms with Gasteiger partial charge in [-0.2, -0.15) is 0 Å². The van der Waals surface area contributed by atoms with Crippen LogP contribution in [0.1, 0.15) is 22.3 Å². The van der Waals surface area contributed by atoms with Crippen molar-refractivity contribution in [2.24, 2.45) is 5.73 Å². The molecule has 0 bridgehead atoms. The van der Waals surface area contributed by atoms with Gasteiger partial charge in [0.05, 0.1) is 11.6 Å². The third-order valence-corrected chi connectivity index (χ3v) is 3.61. The molecule has 20 heavy (non-hydrogen) atoms. The molecule has 6 heteroatoms. The molecule has 0 aromatic heterocycles. The fourth-order valence-electron chi connectivity index (χ4n) is 1.76. The van der Waals surface area contributed by atoms with Crippen molar-refractivity contribution in [1.82, 2.24) is 4.90 Å². The highest BCUT2D eigenvalue weighted by molar-refractivity contribution is 9.10. The van der Waals surface area contributed by atoms with Crippen LogP contribution in [0.15, 0.2) is 22.7 Å². The van der Waals surface area contributed by atoms with Gasteiger partial charge in [0.15, 0.2) is 0 Å². The second-order valence-corrected chi connectivity index (χ2v) is 5.90. The SMILES string of the molecule is COCCN(CCC(N)=S)C(=O)c1cc(Br)ccc1C. The number of rotatable bonds is 7. The van der Waals surface area contributed by atoms with E-state index in [1.165, 1.54) is 0 Å². The Hall–Kier alpha value is -0.980. The van der Waals surface area contributed by atoms with Crippen LogP contribution < -0.4 is 5.73 Å². The molecule has 1 aromatic carbocycles. The van der Waals surface area contributed by atoms with E-state index in [0.29, 0.717) is 36.7 Å². The fourth-order valence-corrected chi connectivity index (χ4v) is 2.21. The van der Waals surface area contributed by atoms with E-state index in [4.69, 9.17) is 22.7 Å². The maximum Gasteiger partial charge on any atom is 0.254 e. The van der Waals surface area contributed by atoms with Gasteiger partial charge in [0.2, 0.25) is 0 Å². The first kappa shape index (κ1) is 17.1. The number of methoxy groups -OCH3 is 1. The smallest absolute Gasteiger partial charge is 0.254 e. The number of hydrogen-bond donors (Lipinski definition) is 1. The van der Waals surface area contributed by atoms with Gasteiger partial charge in [0.1, 0.15) is 0 Å². The van der Waals surface area contributed by atoms with Crippen LogP contribution in [0.5, 0.6) is 0 Å². The Morgan fingerprint density at radius 2 is 2.15 bits per heavy atom. The lowest BCUT2D eigenvalue weighted by Gasteiger charge is -2.23. The standard InChI is InChI=1S/C14H19BrN2O2S/c1-10-3-4-11(15)9-12(10)14(18)17(7-8-19-2)6-5-13(16)20/h3-4,9H,5-8H2,1-2H3,(H2,16,20). The first-order valence-electron chi connectivity index (χ1n) is 6.28. The van der Waals surface area contributed by atoms with Gasteiger partial charge in [-0.25, -0.2) is 0 Å². The van der Waals surface area contributed by atoms with Crippen LogP contribution in [0.25, 0.3) is 0 Å². The van der Waals surface area contributed by atoms with E-state index in [1.54, 1.807) is 12.0 Å². The molecule has 0 aliphatic carbocycles. The Morgan fingerprint density at radius 3 is 2.75 bits per heavy atom. The summed E-state index contributed by atoms with van der Waals surface area (Å²) in [5, 5.41) is 0. The first-order valence-corrected chi connectivity index (χ1v) is 7.48. The van der Waals surface area contributed by atoms with E-state index in [0.717, 1.165) is 10.0 Å². The largest absolute Gasteiger partial charge is 0.393 e. The lowest BCUT2D eigenvalue weighted by atomic mass is 10.1. The molecule has 0 spiro atoms. The van der Waals surface area contributed by atoms with Crippen LogP contribution in [0.2, 0.25) is 0 Å². The predicted molar refractivity (Wildman–Crippen MR) is 88.1 cm³/mol. The summed E-state index contributed by atoms with van der Waals surface area (Å²) in [6.45, 7) is 3.42. The number of carbonyl (C=O) groups excluding carboxylic acids is 1. The number of nitrogens with zero attached hydrogens (tertiary/aromatic N) is 1. The summed E-state index contributed by atoms with van der Waals surface area (Å²) in [5.41, 5.74) is 7.14. The molecule has 0 aliphatic rings. The van der Waals surface area contributed by atoms with Gasteiger partial charge < -0.3 is 15.4 Å². The van der Waals surface area contributed by atoms with E-state index < -0.39 is 0 Å². The molecule has 0 unspecified atom stereocenters. The summed E-state index contributed by atoms with van der Waals surface area (Å²) in [5.74, 6) is -0.0305. The van der Waals surface area contributed by atoms with Crippen LogP contribution in [-0.4, -0.2) is 42.6 Å². The normalized spacial score (nSPS) is 10.3. The second-order valence-electron chi connectivity index (χ2n) is 4.46. The number of thiocarbonyl (C=S) groups is 1. The molecular weight excluding hydrogens is 340 g/mol. The number of hydrogen-bond acceptors (Lipinski definition) is 3. The number of nitrogens with two attached hydrogens (primary N) is 1. The summed E-state index contributed by atoms with van der Waals surface area (Å²) < 4.78 is 5.93. The van der Waals surface area contributed by atoms with Crippen molar-refractivity contribution in [3.05, 3.63) is 33.8 Å². The Labute approximate surface area is 133 Å². The molecular formula is C14H19BrN2O2S. The van der Waals surface area contributed by atoms with Crippen LogP contribution in [0, 0.1) is 6.92 Å². The molecule has 0 radical (unpaired) electrons. The van der Waals surface area contributed by atoms with Crippen LogP contribution >= 0.6 is 28.1 Å².